The highest BCUT2D eigenvalue weighted by atomic mass is 16.5. The summed E-state index contributed by atoms with van der Waals surface area (Å²) in [4.78, 5) is 32.3. The largest absolute Gasteiger partial charge is 0.481 e. The Morgan fingerprint density at radius 1 is 1.22 bits per heavy atom. The zero-order valence-corrected chi connectivity index (χ0v) is 10.4. The van der Waals surface area contributed by atoms with E-state index in [1.54, 1.807) is 0 Å². The van der Waals surface area contributed by atoms with Gasteiger partial charge in [0.25, 0.3) is 0 Å². The van der Waals surface area contributed by atoms with E-state index in [2.05, 4.69) is 6.58 Å². The first-order valence-corrected chi connectivity index (χ1v) is 5.65. The molecule has 0 aliphatic carbocycles. The molecule has 0 aliphatic rings. The molecule has 1 atom stereocenters. The van der Waals surface area contributed by atoms with Crippen molar-refractivity contribution in [3.63, 3.8) is 0 Å². The summed E-state index contributed by atoms with van der Waals surface area (Å²) < 4.78 is 9.55. The number of aliphatic carboxylic acids is 1. The van der Waals surface area contributed by atoms with Crippen molar-refractivity contribution in [2.45, 2.75) is 26.2 Å². The summed E-state index contributed by atoms with van der Waals surface area (Å²) in [5.74, 6) is -2.79. The smallest absolute Gasteiger partial charge is 0.330 e. The molecule has 0 aromatic rings. The van der Waals surface area contributed by atoms with Crippen molar-refractivity contribution in [2.75, 3.05) is 13.2 Å². The van der Waals surface area contributed by atoms with Crippen molar-refractivity contribution in [1.82, 2.24) is 0 Å². The molecule has 0 fully saturated rings. The maximum absolute atomic E-state index is 11.2. The van der Waals surface area contributed by atoms with Crippen LogP contribution in [0.15, 0.2) is 12.7 Å². The summed E-state index contributed by atoms with van der Waals surface area (Å²) in [5, 5.41) is 8.58. The molecule has 0 bridgehead atoms. The van der Waals surface area contributed by atoms with Gasteiger partial charge < -0.3 is 14.6 Å². The molecule has 6 nitrogen and oxygen atoms in total. The Bertz CT molecular complexity index is 310. The molecular weight excluding hydrogens is 240 g/mol. The van der Waals surface area contributed by atoms with Crippen LogP contribution in [-0.2, 0) is 23.9 Å². The van der Waals surface area contributed by atoms with Gasteiger partial charge >= 0.3 is 17.9 Å². The Kier molecular flexibility index (Phi) is 8.26. The fourth-order valence-electron chi connectivity index (χ4n) is 1.02. The number of hydrogen-bond donors (Lipinski definition) is 1. The second-order valence-electron chi connectivity index (χ2n) is 3.74. The SMILES string of the molecule is C=CC(=O)OCCCCOC(=O)CC(C)C(=O)O. The second kappa shape index (κ2) is 9.21. The number of rotatable bonds is 9. The Balaban J connectivity index is 3.49. The van der Waals surface area contributed by atoms with E-state index in [1.807, 2.05) is 0 Å². The number of unbranched alkanes of at least 4 members (excludes halogenated alkanes) is 1. The van der Waals surface area contributed by atoms with Crippen LogP contribution in [0.4, 0.5) is 0 Å². The minimum atomic E-state index is -1.02. The van der Waals surface area contributed by atoms with Gasteiger partial charge in [-0.1, -0.05) is 13.5 Å². The van der Waals surface area contributed by atoms with Crippen LogP contribution in [0.3, 0.4) is 0 Å². The molecule has 0 aliphatic heterocycles. The van der Waals surface area contributed by atoms with Crippen molar-refractivity contribution in [2.24, 2.45) is 5.92 Å². The maximum Gasteiger partial charge on any atom is 0.330 e. The van der Waals surface area contributed by atoms with Crippen molar-refractivity contribution in [3.05, 3.63) is 12.7 Å². The third-order valence-electron chi connectivity index (χ3n) is 2.11. The Morgan fingerprint density at radius 2 is 1.78 bits per heavy atom. The van der Waals surface area contributed by atoms with Gasteiger partial charge in [-0.15, -0.1) is 0 Å². The first kappa shape index (κ1) is 16.1. The van der Waals surface area contributed by atoms with Crippen LogP contribution in [-0.4, -0.2) is 36.2 Å². The summed E-state index contributed by atoms with van der Waals surface area (Å²) >= 11 is 0. The number of carboxylic acid groups (broad SMARTS) is 1. The van der Waals surface area contributed by atoms with Crippen molar-refractivity contribution in [3.8, 4) is 0 Å². The van der Waals surface area contributed by atoms with Gasteiger partial charge in [0.2, 0.25) is 0 Å². The number of hydrogen-bond acceptors (Lipinski definition) is 5. The lowest BCUT2D eigenvalue weighted by molar-refractivity contribution is -0.151. The van der Waals surface area contributed by atoms with E-state index in [-0.39, 0.29) is 19.6 Å². The van der Waals surface area contributed by atoms with Crippen molar-refractivity contribution >= 4 is 17.9 Å². The van der Waals surface area contributed by atoms with Crippen LogP contribution < -0.4 is 0 Å². The van der Waals surface area contributed by atoms with Gasteiger partial charge in [-0.3, -0.25) is 9.59 Å². The van der Waals surface area contributed by atoms with E-state index in [9.17, 15) is 14.4 Å². The van der Waals surface area contributed by atoms with Crippen LogP contribution in [0.2, 0.25) is 0 Å². The summed E-state index contributed by atoms with van der Waals surface area (Å²) in [7, 11) is 0. The second-order valence-corrected chi connectivity index (χ2v) is 3.74. The molecule has 18 heavy (non-hydrogen) atoms. The Morgan fingerprint density at radius 3 is 2.28 bits per heavy atom. The average molecular weight is 258 g/mol. The monoisotopic (exact) mass is 258 g/mol. The maximum atomic E-state index is 11.2. The lowest BCUT2D eigenvalue weighted by atomic mass is 10.1. The van der Waals surface area contributed by atoms with Gasteiger partial charge in [0.05, 0.1) is 25.6 Å². The molecule has 6 heteroatoms. The van der Waals surface area contributed by atoms with E-state index in [0.717, 1.165) is 6.08 Å². The first-order valence-electron chi connectivity index (χ1n) is 5.65. The molecule has 0 rings (SSSR count). The highest BCUT2D eigenvalue weighted by Gasteiger charge is 2.16. The van der Waals surface area contributed by atoms with Crippen LogP contribution in [0.5, 0.6) is 0 Å². The van der Waals surface area contributed by atoms with E-state index in [4.69, 9.17) is 14.6 Å². The summed E-state index contributed by atoms with van der Waals surface area (Å²) in [5.41, 5.74) is 0. The highest BCUT2D eigenvalue weighted by Crippen LogP contribution is 2.04. The fourth-order valence-corrected chi connectivity index (χ4v) is 1.02. The first-order chi connectivity index (χ1) is 8.47. The molecule has 1 unspecified atom stereocenters. The quantitative estimate of drug-likeness (QED) is 0.379. The number of carbonyl (C=O) groups is 3. The summed E-state index contributed by atoms with van der Waals surface area (Å²) in [6, 6.07) is 0. The zero-order valence-electron chi connectivity index (χ0n) is 10.4. The number of ether oxygens (including phenoxy) is 2. The third-order valence-corrected chi connectivity index (χ3v) is 2.11. The minimum absolute atomic E-state index is 0.138. The van der Waals surface area contributed by atoms with Crippen molar-refractivity contribution in [1.29, 1.82) is 0 Å². The van der Waals surface area contributed by atoms with E-state index < -0.39 is 23.8 Å². The lowest BCUT2D eigenvalue weighted by Crippen LogP contribution is -2.17. The predicted octanol–water partition coefficient (Wildman–Crippen LogP) is 1.15. The molecule has 0 aromatic carbocycles. The predicted molar refractivity (Wildman–Crippen MR) is 62.8 cm³/mol. The van der Waals surface area contributed by atoms with Gasteiger partial charge in [0, 0.05) is 6.08 Å². The highest BCUT2D eigenvalue weighted by molar-refractivity contribution is 5.81. The summed E-state index contributed by atoms with van der Waals surface area (Å²) in [6.07, 6.45) is 2.06. The molecule has 102 valence electrons. The normalized spacial score (nSPS) is 11.4. The molecule has 0 heterocycles. The zero-order chi connectivity index (χ0) is 14.0. The molecule has 0 saturated heterocycles. The fraction of sp³-hybridized carbons (Fsp3) is 0.583. The standard InChI is InChI=1S/C12H18O6/c1-3-10(13)17-6-4-5-7-18-11(14)8-9(2)12(15)16/h3,9H,1,4-8H2,2H3,(H,15,16). The minimum Gasteiger partial charge on any atom is -0.481 e. The van der Waals surface area contributed by atoms with Crippen LogP contribution in [0, 0.1) is 5.92 Å². The number of carbonyl (C=O) groups excluding carboxylic acids is 2. The molecule has 1 N–H and O–H groups in total. The van der Waals surface area contributed by atoms with Gasteiger partial charge in [0.15, 0.2) is 0 Å². The van der Waals surface area contributed by atoms with Crippen LogP contribution >= 0.6 is 0 Å². The molecular formula is C12H18O6. The molecule has 0 saturated carbocycles. The summed E-state index contributed by atoms with van der Waals surface area (Å²) in [6.45, 7) is 5.13. The van der Waals surface area contributed by atoms with Crippen LogP contribution in [0.25, 0.3) is 0 Å². The van der Waals surface area contributed by atoms with Gasteiger partial charge in [-0.05, 0) is 12.8 Å². The Hall–Kier alpha value is -1.85. The molecule has 0 radical (unpaired) electrons. The van der Waals surface area contributed by atoms with E-state index in [1.165, 1.54) is 6.92 Å². The van der Waals surface area contributed by atoms with Gasteiger partial charge in [-0.2, -0.15) is 0 Å². The molecule has 0 amide bonds. The average Bonchev–Trinajstić information content (AvgIpc) is 2.32. The number of carboxylic acids is 1. The molecule has 0 aromatic heterocycles. The lowest BCUT2D eigenvalue weighted by Gasteiger charge is -2.07. The van der Waals surface area contributed by atoms with Gasteiger partial charge in [0.1, 0.15) is 0 Å². The van der Waals surface area contributed by atoms with Gasteiger partial charge in [-0.25, -0.2) is 4.79 Å². The van der Waals surface area contributed by atoms with Crippen molar-refractivity contribution < 1.29 is 29.0 Å². The topological polar surface area (TPSA) is 89.9 Å². The third kappa shape index (κ3) is 8.32. The van der Waals surface area contributed by atoms with E-state index >= 15 is 0 Å². The van der Waals surface area contributed by atoms with Crippen LogP contribution in [0.1, 0.15) is 26.2 Å². The number of esters is 2. The molecule has 0 spiro atoms. The van der Waals surface area contributed by atoms with E-state index in [0.29, 0.717) is 12.8 Å². The Labute approximate surface area is 106 Å².